The van der Waals surface area contributed by atoms with Crippen molar-refractivity contribution in [2.75, 3.05) is 20.3 Å². The van der Waals surface area contributed by atoms with Gasteiger partial charge in [0.1, 0.15) is 48.8 Å². The molecular weight excluding hydrogens is 776 g/mol. The second-order valence-electron chi connectivity index (χ2n) is 14.0. The largest absolute Gasteiger partial charge is 0.504 e. The number of esters is 2. The van der Waals surface area contributed by atoms with E-state index in [-0.39, 0.29) is 36.0 Å². The summed E-state index contributed by atoms with van der Waals surface area (Å²) in [5.74, 6) is -2.67. The van der Waals surface area contributed by atoms with Crippen molar-refractivity contribution in [3.8, 4) is 23.0 Å². The average molecular weight is 827 g/mol. The summed E-state index contributed by atoms with van der Waals surface area (Å²) in [6, 6.07) is 8.35. The third-order valence-corrected chi connectivity index (χ3v) is 9.81. The van der Waals surface area contributed by atoms with Crippen LogP contribution in [0.2, 0.25) is 0 Å². The van der Waals surface area contributed by atoms with Gasteiger partial charge in [-0.2, -0.15) is 0 Å². The van der Waals surface area contributed by atoms with E-state index in [1.165, 1.54) is 63.4 Å². The molecule has 0 bridgehead atoms. The van der Waals surface area contributed by atoms with Crippen LogP contribution in [0, 0.1) is 0 Å². The lowest BCUT2D eigenvalue weighted by Crippen LogP contribution is -2.66. The van der Waals surface area contributed by atoms with Crippen LogP contribution in [0.1, 0.15) is 31.9 Å². The van der Waals surface area contributed by atoms with Gasteiger partial charge in [0.2, 0.25) is 0 Å². The summed E-state index contributed by atoms with van der Waals surface area (Å²) in [6.45, 7) is 3.11. The van der Waals surface area contributed by atoms with Crippen molar-refractivity contribution in [2.45, 2.75) is 119 Å². The van der Waals surface area contributed by atoms with E-state index in [1.54, 1.807) is 0 Å². The molecule has 2 aromatic carbocycles. The second kappa shape index (κ2) is 19.7. The van der Waals surface area contributed by atoms with E-state index in [4.69, 9.17) is 42.6 Å². The number of carbonyl (C=O) groups excluding carboxylic acids is 2. The van der Waals surface area contributed by atoms with Crippen LogP contribution in [0.4, 0.5) is 0 Å². The molecule has 20 nitrogen and oxygen atoms in total. The Morgan fingerprint density at radius 3 is 1.97 bits per heavy atom. The highest BCUT2D eigenvalue weighted by Crippen LogP contribution is 2.35. The number of benzene rings is 2. The van der Waals surface area contributed by atoms with E-state index in [0.29, 0.717) is 11.1 Å². The molecule has 3 heterocycles. The third-order valence-electron chi connectivity index (χ3n) is 9.81. The number of phenols is 3. The highest BCUT2D eigenvalue weighted by atomic mass is 16.8. The lowest BCUT2D eigenvalue weighted by atomic mass is 9.96. The van der Waals surface area contributed by atoms with Gasteiger partial charge in [-0.25, -0.2) is 4.79 Å². The first-order valence-electron chi connectivity index (χ1n) is 18.4. The van der Waals surface area contributed by atoms with Crippen molar-refractivity contribution in [1.82, 2.24) is 0 Å². The summed E-state index contributed by atoms with van der Waals surface area (Å²) in [5, 5.41) is 92.9. The van der Waals surface area contributed by atoms with Gasteiger partial charge in [0.05, 0.1) is 32.5 Å². The number of methoxy groups -OCH3 is 1. The predicted octanol–water partition coefficient (Wildman–Crippen LogP) is -1.29. The Morgan fingerprint density at radius 1 is 0.690 bits per heavy atom. The van der Waals surface area contributed by atoms with Crippen LogP contribution in [0.5, 0.6) is 23.0 Å². The Bertz CT molecular complexity index is 1720. The molecule has 2 aromatic rings. The number of hydrogen-bond donors (Lipinski definition) is 9. The van der Waals surface area contributed by atoms with E-state index in [2.05, 4.69) is 0 Å². The van der Waals surface area contributed by atoms with Crippen LogP contribution in [0.15, 0.2) is 42.5 Å². The topological polar surface area (TPSA) is 299 Å². The number of phenolic OH excluding ortho intramolecular Hbond substituents is 3. The molecule has 15 atom stereocenters. The molecule has 5 rings (SSSR count). The molecule has 3 aliphatic rings. The van der Waals surface area contributed by atoms with Crippen molar-refractivity contribution in [2.24, 2.45) is 0 Å². The van der Waals surface area contributed by atoms with Crippen LogP contribution >= 0.6 is 0 Å². The summed E-state index contributed by atoms with van der Waals surface area (Å²) >= 11 is 0. The zero-order valence-corrected chi connectivity index (χ0v) is 31.9. The maximum Gasteiger partial charge on any atom is 0.331 e. The van der Waals surface area contributed by atoms with Gasteiger partial charge in [0, 0.05) is 13.0 Å². The van der Waals surface area contributed by atoms with Crippen LogP contribution in [0.25, 0.3) is 6.08 Å². The molecule has 0 unspecified atom stereocenters. The monoisotopic (exact) mass is 826 g/mol. The van der Waals surface area contributed by atoms with Gasteiger partial charge in [0.25, 0.3) is 0 Å². The molecule has 9 N–H and O–H groups in total. The van der Waals surface area contributed by atoms with Crippen molar-refractivity contribution in [3.63, 3.8) is 0 Å². The molecule has 0 spiro atoms. The summed E-state index contributed by atoms with van der Waals surface area (Å²) in [6.07, 6.45) is -21.0. The Balaban J connectivity index is 1.50. The summed E-state index contributed by atoms with van der Waals surface area (Å²) in [4.78, 5) is 26.2. The molecule has 0 aromatic heterocycles. The van der Waals surface area contributed by atoms with E-state index in [1.807, 2.05) is 0 Å². The fraction of sp³-hybridized carbons (Fsp3) is 0.579. The second-order valence-corrected chi connectivity index (χ2v) is 14.0. The van der Waals surface area contributed by atoms with Crippen LogP contribution in [-0.2, 0) is 53.9 Å². The van der Waals surface area contributed by atoms with Crippen molar-refractivity contribution in [1.29, 1.82) is 0 Å². The van der Waals surface area contributed by atoms with Gasteiger partial charge in [-0.15, -0.1) is 0 Å². The summed E-state index contributed by atoms with van der Waals surface area (Å²) < 4.78 is 52.2. The Hall–Kier alpha value is -4.16. The smallest absolute Gasteiger partial charge is 0.331 e. The number of rotatable bonds is 14. The van der Waals surface area contributed by atoms with Gasteiger partial charge >= 0.3 is 11.9 Å². The van der Waals surface area contributed by atoms with Crippen molar-refractivity contribution < 1.29 is 98.2 Å². The van der Waals surface area contributed by atoms with Crippen molar-refractivity contribution in [3.05, 3.63) is 53.6 Å². The fourth-order valence-electron chi connectivity index (χ4n) is 6.54. The highest BCUT2D eigenvalue weighted by molar-refractivity contribution is 5.87. The standard InChI is InChI=1S/C38H50O20/c1-16-27(44)29(46)31(48)36(53-16)52-15-25-33(57-26(43)10-7-19-6-9-22(41)24(14-19)50-4)34(58-37-32(49)30(47)28(45)17(2)54-37)35(55-18(3)39)38(56-25)51-12-11-20-5-8-21(40)23(42)13-20/h5-10,13-14,16-17,25,27-38,40-42,44-49H,11-12,15H2,1-4H3/b10-7+/t16-,17-,25-,27-,28-,29+,30+,31+,32+,33-,34+,35-,36-,37+,38-/m0/s1. The molecule has 3 fully saturated rings. The zero-order chi connectivity index (χ0) is 42.4. The third kappa shape index (κ3) is 10.7. The molecule has 322 valence electrons. The molecule has 3 saturated heterocycles. The van der Waals surface area contributed by atoms with Gasteiger partial charge < -0.3 is 88.6 Å². The maximum atomic E-state index is 13.6. The molecule has 58 heavy (non-hydrogen) atoms. The first-order valence-corrected chi connectivity index (χ1v) is 18.4. The predicted molar refractivity (Wildman–Crippen MR) is 193 cm³/mol. The SMILES string of the molecule is COc1cc(/C=C/C(=O)O[C@@H]2[C@@H](O[C@H]3O[C@@H](C)[C@H](O)[C@@H](O)[C@H]3O)[C@H](OC(C)=O)[C@@H](OCCc3ccc(O)c(O)c3)O[C@H]2CO[C@H]2O[C@@H](C)[C@H](O)[C@@H](O)[C@H]2O)ccc1O. The minimum Gasteiger partial charge on any atom is -0.504 e. The molecule has 20 heteroatoms. The number of hydrogen-bond acceptors (Lipinski definition) is 20. The molecular formula is C38H50O20. The first kappa shape index (κ1) is 44.9. The Labute approximate surface area is 332 Å². The molecule has 0 saturated carbocycles. The number of aliphatic hydroxyl groups excluding tert-OH is 6. The van der Waals surface area contributed by atoms with E-state index in [9.17, 15) is 55.5 Å². The lowest BCUT2D eigenvalue weighted by molar-refractivity contribution is -0.364. The van der Waals surface area contributed by atoms with E-state index >= 15 is 0 Å². The maximum absolute atomic E-state index is 13.6. The van der Waals surface area contributed by atoms with Gasteiger partial charge in [-0.1, -0.05) is 12.1 Å². The number of aliphatic hydroxyl groups is 6. The Kier molecular flexibility index (Phi) is 15.3. The van der Waals surface area contributed by atoms with Gasteiger partial charge in [0.15, 0.2) is 54.1 Å². The molecule has 0 amide bonds. The molecule has 3 aliphatic heterocycles. The average Bonchev–Trinajstić information content (AvgIpc) is 3.19. The number of aromatic hydroxyl groups is 3. The highest BCUT2D eigenvalue weighted by Gasteiger charge is 2.55. The van der Waals surface area contributed by atoms with Crippen molar-refractivity contribution >= 4 is 18.0 Å². The minimum atomic E-state index is -1.89. The van der Waals surface area contributed by atoms with E-state index in [0.717, 1.165) is 13.0 Å². The normalized spacial score (nSPS) is 35.4. The zero-order valence-electron chi connectivity index (χ0n) is 31.9. The number of carbonyl (C=O) groups is 2. The fourth-order valence-corrected chi connectivity index (χ4v) is 6.54. The Morgan fingerprint density at radius 2 is 1.33 bits per heavy atom. The first-order chi connectivity index (χ1) is 27.5. The summed E-state index contributed by atoms with van der Waals surface area (Å²) in [7, 11) is 1.34. The lowest BCUT2D eigenvalue weighted by Gasteiger charge is -2.48. The van der Waals surface area contributed by atoms with Crippen LogP contribution in [-0.4, -0.2) is 170 Å². The van der Waals surface area contributed by atoms with Gasteiger partial charge in [-0.3, -0.25) is 4.79 Å². The minimum absolute atomic E-state index is 0.116. The quantitative estimate of drug-likeness (QED) is 0.0608. The molecule has 0 aliphatic carbocycles. The number of ether oxygens (including phenoxy) is 9. The van der Waals surface area contributed by atoms with Gasteiger partial charge in [-0.05, 0) is 61.7 Å². The van der Waals surface area contributed by atoms with Crippen LogP contribution in [0.3, 0.4) is 0 Å². The molecule has 0 radical (unpaired) electrons. The summed E-state index contributed by atoms with van der Waals surface area (Å²) in [5.41, 5.74) is 0.928. The van der Waals surface area contributed by atoms with Crippen LogP contribution < -0.4 is 4.74 Å². The van der Waals surface area contributed by atoms with E-state index < -0.39 is 111 Å².